The van der Waals surface area contributed by atoms with Gasteiger partial charge in [-0.05, 0) is 19.4 Å². The molecule has 2 aromatic rings. The van der Waals surface area contributed by atoms with E-state index in [1.54, 1.807) is 4.68 Å². The smallest absolute Gasteiger partial charge is 0.264 e. The van der Waals surface area contributed by atoms with Crippen molar-refractivity contribution < 1.29 is 8.78 Å². The fourth-order valence-electron chi connectivity index (χ4n) is 1.99. The summed E-state index contributed by atoms with van der Waals surface area (Å²) in [6, 6.07) is 1.31. The maximum atomic E-state index is 13.1. The molecule has 0 radical (unpaired) electrons. The molecule has 2 heterocycles. The van der Waals surface area contributed by atoms with E-state index in [2.05, 4.69) is 10.1 Å². The van der Waals surface area contributed by atoms with Gasteiger partial charge in [-0.15, -0.1) is 0 Å². The highest BCUT2D eigenvalue weighted by Gasteiger charge is 2.22. The molecule has 102 valence electrons. The standard InChI is InChI=1S/C13H14ClF2N3/c1-3-10-11(14)12(19(4-2)18-10)9-7-17-6-5-8(9)13(15)16/h5-7,13H,3-4H2,1-2H3. The van der Waals surface area contributed by atoms with E-state index in [1.807, 2.05) is 13.8 Å². The van der Waals surface area contributed by atoms with Crippen LogP contribution in [0.2, 0.25) is 5.02 Å². The van der Waals surface area contributed by atoms with Gasteiger partial charge in [-0.2, -0.15) is 5.10 Å². The summed E-state index contributed by atoms with van der Waals surface area (Å²) in [7, 11) is 0. The summed E-state index contributed by atoms with van der Waals surface area (Å²) in [5.41, 5.74) is 1.50. The average Bonchev–Trinajstić information content (AvgIpc) is 2.74. The average molecular weight is 286 g/mol. The van der Waals surface area contributed by atoms with Crippen molar-refractivity contribution in [2.75, 3.05) is 0 Å². The van der Waals surface area contributed by atoms with Gasteiger partial charge >= 0.3 is 0 Å². The molecule has 6 heteroatoms. The molecule has 0 aliphatic heterocycles. The number of aryl methyl sites for hydroxylation is 2. The van der Waals surface area contributed by atoms with Crippen molar-refractivity contribution in [2.24, 2.45) is 0 Å². The minimum absolute atomic E-state index is 0.0749. The van der Waals surface area contributed by atoms with Crippen LogP contribution in [-0.4, -0.2) is 14.8 Å². The number of pyridine rings is 1. The summed E-state index contributed by atoms with van der Waals surface area (Å²) in [4.78, 5) is 3.92. The minimum atomic E-state index is -2.57. The Morgan fingerprint density at radius 2 is 2.11 bits per heavy atom. The van der Waals surface area contributed by atoms with Gasteiger partial charge in [-0.25, -0.2) is 8.78 Å². The van der Waals surface area contributed by atoms with Gasteiger partial charge in [-0.1, -0.05) is 18.5 Å². The molecule has 0 saturated heterocycles. The highest BCUT2D eigenvalue weighted by Crippen LogP contribution is 2.36. The predicted molar refractivity (Wildman–Crippen MR) is 70.5 cm³/mol. The quantitative estimate of drug-likeness (QED) is 0.846. The van der Waals surface area contributed by atoms with Gasteiger partial charge in [0.1, 0.15) is 0 Å². The first-order chi connectivity index (χ1) is 9.10. The molecule has 0 aliphatic rings. The fourth-order valence-corrected chi connectivity index (χ4v) is 2.37. The third-order valence-corrected chi connectivity index (χ3v) is 3.34. The lowest BCUT2D eigenvalue weighted by molar-refractivity contribution is 0.152. The second-order valence-corrected chi connectivity index (χ2v) is 4.42. The minimum Gasteiger partial charge on any atom is -0.264 e. The molecule has 0 bridgehead atoms. The monoisotopic (exact) mass is 285 g/mol. The first-order valence-corrected chi connectivity index (χ1v) is 6.45. The largest absolute Gasteiger partial charge is 0.264 e. The zero-order valence-corrected chi connectivity index (χ0v) is 11.5. The van der Waals surface area contributed by atoms with E-state index < -0.39 is 6.43 Å². The van der Waals surface area contributed by atoms with Crippen LogP contribution < -0.4 is 0 Å². The summed E-state index contributed by atoms with van der Waals surface area (Å²) in [6.45, 7) is 4.38. The summed E-state index contributed by atoms with van der Waals surface area (Å²) < 4.78 is 27.8. The third kappa shape index (κ3) is 2.47. The van der Waals surface area contributed by atoms with E-state index in [-0.39, 0.29) is 5.56 Å². The van der Waals surface area contributed by atoms with Gasteiger partial charge in [0, 0.05) is 30.1 Å². The third-order valence-electron chi connectivity index (χ3n) is 2.94. The Hall–Kier alpha value is -1.49. The first kappa shape index (κ1) is 13.9. The highest BCUT2D eigenvalue weighted by molar-refractivity contribution is 6.33. The lowest BCUT2D eigenvalue weighted by Gasteiger charge is -2.10. The molecular formula is C13H14ClF2N3. The predicted octanol–water partition coefficient (Wildman–Crippen LogP) is 4.12. The number of aromatic nitrogens is 3. The molecule has 0 aliphatic carbocycles. The maximum Gasteiger partial charge on any atom is 0.264 e. The molecule has 0 unspecified atom stereocenters. The van der Waals surface area contributed by atoms with Gasteiger partial charge in [0.15, 0.2) is 0 Å². The number of alkyl halides is 2. The maximum absolute atomic E-state index is 13.1. The van der Waals surface area contributed by atoms with Crippen molar-refractivity contribution >= 4 is 11.6 Å². The van der Waals surface area contributed by atoms with E-state index in [9.17, 15) is 8.78 Å². The van der Waals surface area contributed by atoms with E-state index in [0.717, 1.165) is 0 Å². The molecule has 0 amide bonds. The fraction of sp³-hybridized carbons (Fsp3) is 0.385. The van der Waals surface area contributed by atoms with Crippen LogP contribution in [0.15, 0.2) is 18.5 Å². The van der Waals surface area contributed by atoms with E-state index in [0.29, 0.717) is 34.9 Å². The van der Waals surface area contributed by atoms with Gasteiger partial charge < -0.3 is 0 Å². The number of halogens is 3. The van der Waals surface area contributed by atoms with Gasteiger partial charge in [-0.3, -0.25) is 9.67 Å². The number of nitrogens with zero attached hydrogens (tertiary/aromatic N) is 3. The SMILES string of the molecule is CCc1nn(CC)c(-c2cnccc2C(F)F)c1Cl. The van der Waals surface area contributed by atoms with Gasteiger partial charge in [0.05, 0.1) is 16.4 Å². The topological polar surface area (TPSA) is 30.7 Å². The Morgan fingerprint density at radius 3 is 2.68 bits per heavy atom. The molecular weight excluding hydrogens is 272 g/mol. The van der Waals surface area contributed by atoms with Crippen molar-refractivity contribution in [3.05, 3.63) is 34.7 Å². The molecule has 0 saturated carbocycles. The summed E-state index contributed by atoms with van der Waals surface area (Å²) in [6.07, 6.45) is 0.852. The zero-order valence-electron chi connectivity index (χ0n) is 10.7. The van der Waals surface area contributed by atoms with Gasteiger partial charge in [0.2, 0.25) is 0 Å². The van der Waals surface area contributed by atoms with Crippen molar-refractivity contribution in [1.82, 2.24) is 14.8 Å². The van der Waals surface area contributed by atoms with Crippen molar-refractivity contribution in [3.63, 3.8) is 0 Å². The first-order valence-electron chi connectivity index (χ1n) is 6.07. The highest BCUT2D eigenvalue weighted by atomic mass is 35.5. The summed E-state index contributed by atoms with van der Waals surface area (Å²) >= 11 is 6.26. The van der Waals surface area contributed by atoms with Crippen LogP contribution in [0.1, 0.15) is 31.5 Å². The van der Waals surface area contributed by atoms with Gasteiger partial charge in [0.25, 0.3) is 6.43 Å². The van der Waals surface area contributed by atoms with Crippen molar-refractivity contribution in [2.45, 2.75) is 33.2 Å². The lowest BCUT2D eigenvalue weighted by Crippen LogP contribution is -2.02. The second-order valence-electron chi connectivity index (χ2n) is 4.04. The van der Waals surface area contributed by atoms with Crippen LogP contribution in [0, 0.1) is 0 Å². The zero-order chi connectivity index (χ0) is 14.0. The Labute approximate surface area is 115 Å². The molecule has 2 rings (SSSR count). The van der Waals surface area contributed by atoms with E-state index >= 15 is 0 Å². The van der Waals surface area contributed by atoms with Crippen LogP contribution in [0.5, 0.6) is 0 Å². The molecule has 19 heavy (non-hydrogen) atoms. The molecule has 2 aromatic heterocycles. The van der Waals surface area contributed by atoms with Crippen LogP contribution >= 0.6 is 11.6 Å². The lowest BCUT2D eigenvalue weighted by atomic mass is 10.1. The van der Waals surface area contributed by atoms with Crippen LogP contribution in [0.25, 0.3) is 11.3 Å². The van der Waals surface area contributed by atoms with Crippen molar-refractivity contribution in [1.29, 1.82) is 0 Å². The Bertz CT molecular complexity index is 581. The van der Waals surface area contributed by atoms with Crippen LogP contribution in [0.4, 0.5) is 8.78 Å². The normalized spacial score (nSPS) is 11.3. The van der Waals surface area contributed by atoms with Crippen molar-refractivity contribution in [3.8, 4) is 11.3 Å². The van der Waals surface area contributed by atoms with E-state index in [4.69, 9.17) is 11.6 Å². The molecule has 0 N–H and O–H groups in total. The molecule has 0 spiro atoms. The van der Waals surface area contributed by atoms with Crippen LogP contribution in [0.3, 0.4) is 0 Å². The number of rotatable bonds is 4. The summed E-state index contributed by atoms with van der Waals surface area (Å²) in [5.74, 6) is 0. The molecule has 0 atom stereocenters. The Balaban J connectivity index is 2.68. The Kier molecular flexibility index (Phi) is 4.14. The molecule has 0 fully saturated rings. The van der Waals surface area contributed by atoms with E-state index in [1.165, 1.54) is 18.5 Å². The molecule has 0 aromatic carbocycles. The second kappa shape index (κ2) is 5.65. The van der Waals surface area contributed by atoms with Crippen LogP contribution in [-0.2, 0) is 13.0 Å². The Morgan fingerprint density at radius 1 is 1.37 bits per heavy atom. The number of hydrogen-bond acceptors (Lipinski definition) is 2. The summed E-state index contributed by atoms with van der Waals surface area (Å²) in [5, 5.41) is 4.77. The molecule has 3 nitrogen and oxygen atoms in total. The number of hydrogen-bond donors (Lipinski definition) is 0.